The third-order valence-corrected chi connectivity index (χ3v) is 5.38. The third kappa shape index (κ3) is 2.45. The number of carbonyl (C=O) groups is 1. The number of fused-ring (bicyclic) bond motifs is 1. The van der Waals surface area contributed by atoms with Crippen molar-refractivity contribution in [2.45, 2.75) is 19.0 Å². The number of nitrogens with zero attached hydrogens (tertiary/aromatic N) is 1. The van der Waals surface area contributed by atoms with Gasteiger partial charge in [-0.3, -0.25) is 4.79 Å². The molecule has 0 radical (unpaired) electrons. The molecule has 0 unspecified atom stereocenters. The molecule has 2 aliphatic heterocycles. The Hall–Kier alpha value is -1.56. The Morgan fingerprint density at radius 1 is 1.26 bits per heavy atom. The van der Waals surface area contributed by atoms with Crippen molar-refractivity contribution in [1.29, 1.82) is 0 Å². The molecule has 0 spiro atoms. The molecule has 1 amide bonds. The number of carbonyl (C=O) groups excluding carboxylic acids is 1. The first-order chi connectivity index (χ1) is 9.05. The summed E-state index contributed by atoms with van der Waals surface area (Å²) in [7, 11) is -2.99. The van der Waals surface area contributed by atoms with Crippen LogP contribution in [-0.4, -0.2) is 43.4 Å². The Balaban J connectivity index is 1.88. The van der Waals surface area contributed by atoms with Gasteiger partial charge in [0.2, 0.25) is 0 Å². The van der Waals surface area contributed by atoms with Crippen molar-refractivity contribution in [3.63, 3.8) is 0 Å². The van der Waals surface area contributed by atoms with Crippen molar-refractivity contribution in [3.05, 3.63) is 29.8 Å². The van der Waals surface area contributed by atoms with Crippen LogP contribution in [0.4, 0.5) is 0 Å². The molecule has 1 aromatic rings. The van der Waals surface area contributed by atoms with Crippen LogP contribution in [0.25, 0.3) is 0 Å². The number of hydrogen-bond acceptors (Lipinski definition) is 4. The van der Waals surface area contributed by atoms with Crippen molar-refractivity contribution in [1.82, 2.24) is 4.90 Å². The molecule has 1 fully saturated rings. The first-order valence-electron chi connectivity index (χ1n) is 6.26. The fourth-order valence-corrected chi connectivity index (χ4v) is 4.35. The summed E-state index contributed by atoms with van der Waals surface area (Å²) in [6.45, 7) is 0.406. The number of benzene rings is 1. The number of rotatable bonds is 1. The van der Waals surface area contributed by atoms with Gasteiger partial charge in [0.1, 0.15) is 5.75 Å². The van der Waals surface area contributed by atoms with E-state index in [0.29, 0.717) is 18.7 Å². The molecule has 1 atom stereocenters. The number of sulfone groups is 1. The molecule has 0 bridgehead atoms. The van der Waals surface area contributed by atoms with E-state index in [0.717, 1.165) is 5.56 Å². The van der Waals surface area contributed by atoms with E-state index in [1.54, 1.807) is 4.90 Å². The molecule has 0 aliphatic carbocycles. The summed E-state index contributed by atoms with van der Waals surface area (Å²) in [6.07, 6.45) is 0.524. The van der Waals surface area contributed by atoms with Gasteiger partial charge in [0.15, 0.2) is 16.4 Å². The summed E-state index contributed by atoms with van der Waals surface area (Å²) in [6, 6.07) is 7.27. The van der Waals surface area contributed by atoms with Crippen LogP contribution in [0.3, 0.4) is 0 Å². The standard InChI is InChI=1S/C13H15NO4S/c15-13-8-18-12-4-2-1-3-10(12)7-14(13)11-5-6-19(16,17)9-11/h1-4,11H,5-9H2/t11-/m1/s1. The number of para-hydroxylation sites is 1. The summed E-state index contributed by atoms with van der Waals surface area (Å²) >= 11 is 0. The van der Waals surface area contributed by atoms with Gasteiger partial charge < -0.3 is 9.64 Å². The topological polar surface area (TPSA) is 63.7 Å². The van der Waals surface area contributed by atoms with Crippen LogP contribution in [0.1, 0.15) is 12.0 Å². The van der Waals surface area contributed by atoms with Crippen LogP contribution in [-0.2, 0) is 21.2 Å². The average molecular weight is 281 g/mol. The maximum atomic E-state index is 12.1. The predicted molar refractivity (Wildman–Crippen MR) is 69.5 cm³/mol. The first-order valence-corrected chi connectivity index (χ1v) is 8.08. The van der Waals surface area contributed by atoms with Gasteiger partial charge in [-0.25, -0.2) is 8.42 Å². The summed E-state index contributed by atoms with van der Waals surface area (Å²) in [4.78, 5) is 13.7. The summed E-state index contributed by atoms with van der Waals surface area (Å²) in [5.74, 6) is 0.808. The lowest BCUT2D eigenvalue weighted by molar-refractivity contribution is -0.135. The zero-order valence-corrected chi connectivity index (χ0v) is 11.2. The van der Waals surface area contributed by atoms with E-state index >= 15 is 0 Å². The summed E-state index contributed by atoms with van der Waals surface area (Å²) in [5.41, 5.74) is 0.928. The minimum absolute atomic E-state index is 0.0203. The SMILES string of the molecule is O=C1COc2ccccc2CN1[C@@H]1CCS(=O)(=O)C1. The quantitative estimate of drug-likeness (QED) is 0.756. The second-order valence-corrected chi connectivity index (χ2v) is 7.20. The third-order valence-electron chi connectivity index (χ3n) is 3.63. The van der Waals surface area contributed by atoms with E-state index in [4.69, 9.17) is 4.74 Å². The number of amides is 1. The molecular weight excluding hydrogens is 266 g/mol. The predicted octanol–water partition coefficient (Wildman–Crippen LogP) is 0.595. The molecule has 19 heavy (non-hydrogen) atoms. The van der Waals surface area contributed by atoms with E-state index in [1.165, 1.54) is 0 Å². The van der Waals surface area contributed by atoms with Crippen LogP contribution < -0.4 is 4.74 Å². The maximum Gasteiger partial charge on any atom is 0.261 e. The van der Waals surface area contributed by atoms with E-state index in [2.05, 4.69) is 0 Å². The Labute approximate surface area is 112 Å². The van der Waals surface area contributed by atoms with Gasteiger partial charge in [-0.05, 0) is 12.5 Å². The number of hydrogen-bond donors (Lipinski definition) is 0. The van der Waals surface area contributed by atoms with Gasteiger partial charge in [-0.15, -0.1) is 0 Å². The van der Waals surface area contributed by atoms with Crippen LogP contribution in [0, 0.1) is 0 Å². The molecule has 1 aromatic carbocycles. The molecular formula is C13H15NO4S. The van der Waals surface area contributed by atoms with Gasteiger partial charge >= 0.3 is 0 Å². The highest BCUT2D eigenvalue weighted by atomic mass is 32.2. The Bertz CT molecular complexity index is 611. The van der Waals surface area contributed by atoms with E-state index in [9.17, 15) is 13.2 Å². The molecule has 102 valence electrons. The lowest BCUT2D eigenvalue weighted by atomic mass is 10.1. The highest BCUT2D eigenvalue weighted by Crippen LogP contribution is 2.27. The van der Waals surface area contributed by atoms with Gasteiger partial charge in [0.25, 0.3) is 5.91 Å². The molecule has 1 saturated heterocycles. The second-order valence-electron chi connectivity index (χ2n) is 4.97. The second kappa shape index (κ2) is 4.52. The van der Waals surface area contributed by atoms with Crippen molar-refractivity contribution < 1.29 is 17.9 Å². The minimum atomic E-state index is -2.99. The molecule has 3 rings (SSSR count). The highest BCUT2D eigenvalue weighted by molar-refractivity contribution is 7.91. The average Bonchev–Trinajstić information content (AvgIpc) is 2.64. The molecule has 6 heteroatoms. The smallest absolute Gasteiger partial charge is 0.261 e. The van der Waals surface area contributed by atoms with E-state index in [-0.39, 0.29) is 30.1 Å². The number of ether oxygens (including phenoxy) is 1. The minimum Gasteiger partial charge on any atom is -0.483 e. The summed E-state index contributed by atoms with van der Waals surface area (Å²) < 4.78 is 28.6. The highest BCUT2D eigenvalue weighted by Gasteiger charge is 2.36. The van der Waals surface area contributed by atoms with Crippen molar-refractivity contribution >= 4 is 15.7 Å². The first kappa shape index (κ1) is 12.5. The fraction of sp³-hybridized carbons (Fsp3) is 0.462. The molecule has 2 heterocycles. The molecule has 5 nitrogen and oxygen atoms in total. The van der Waals surface area contributed by atoms with Gasteiger partial charge in [-0.1, -0.05) is 18.2 Å². The largest absolute Gasteiger partial charge is 0.483 e. The van der Waals surface area contributed by atoms with Gasteiger partial charge in [-0.2, -0.15) is 0 Å². The lowest BCUT2D eigenvalue weighted by Crippen LogP contribution is -2.41. The van der Waals surface area contributed by atoms with Crippen LogP contribution >= 0.6 is 0 Å². The zero-order valence-electron chi connectivity index (χ0n) is 10.4. The maximum absolute atomic E-state index is 12.1. The lowest BCUT2D eigenvalue weighted by Gasteiger charge is -2.26. The fourth-order valence-electron chi connectivity index (χ4n) is 2.62. The van der Waals surface area contributed by atoms with Gasteiger partial charge in [0, 0.05) is 18.2 Å². The van der Waals surface area contributed by atoms with Crippen LogP contribution in [0.5, 0.6) is 5.75 Å². The molecule has 0 saturated carbocycles. The zero-order chi connectivity index (χ0) is 13.5. The Morgan fingerprint density at radius 2 is 2.05 bits per heavy atom. The Kier molecular flexibility index (Phi) is 2.97. The van der Waals surface area contributed by atoms with E-state index in [1.807, 2.05) is 24.3 Å². The van der Waals surface area contributed by atoms with Gasteiger partial charge in [0.05, 0.1) is 11.5 Å². The molecule has 2 aliphatic rings. The van der Waals surface area contributed by atoms with Crippen molar-refractivity contribution in [2.75, 3.05) is 18.1 Å². The van der Waals surface area contributed by atoms with Crippen molar-refractivity contribution in [2.24, 2.45) is 0 Å². The van der Waals surface area contributed by atoms with Crippen LogP contribution in [0.15, 0.2) is 24.3 Å². The van der Waals surface area contributed by atoms with Crippen LogP contribution in [0.2, 0.25) is 0 Å². The normalized spacial score (nSPS) is 25.6. The molecule has 0 N–H and O–H groups in total. The summed E-state index contributed by atoms with van der Waals surface area (Å²) in [5, 5.41) is 0. The molecule has 0 aromatic heterocycles. The van der Waals surface area contributed by atoms with E-state index < -0.39 is 9.84 Å². The Morgan fingerprint density at radius 3 is 2.79 bits per heavy atom. The van der Waals surface area contributed by atoms with Crippen molar-refractivity contribution in [3.8, 4) is 5.75 Å². The monoisotopic (exact) mass is 281 g/mol.